The zero-order valence-electron chi connectivity index (χ0n) is 12.7. The molecular formula is C19H14N4O. The van der Waals surface area contributed by atoms with Crippen molar-refractivity contribution in [3.8, 4) is 17.1 Å². The number of para-hydroxylation sites is 1. The van der Waals surface area contributed by atoms with Gasteiger partial charge in [-0.15, -0.1) is 0 Å². The maximum atomic E-state index is 9.66. The fraction of sp³-hybridized carbons (Fsp3) is 0. The zero-order valence-corrected chi connectivity index (χ0v) is 12.7. The van der Waals surface area contributed by atoms with E-state index in [1.54, 1.807) is 30.6 Å². The van der Waals surface area contributed by atoms with E-state index >= 15 is 0 Å². The quantitative estimate of drug-likeness (QED) is 0.594. The predicted octanol–water partition coefficient (Wildman–Crippen LogP) is 4.14. The molecule has 0 bridgehead atoms. The van der Waals surface area contributed by atoms with Gasteiger partial charge >= 0.3 is 0 Å². The molecular weight excluding hydrogens is 300 g/mol. The standard InChI is InChI=1S/C19H14N4O/c24-15-7-3-6-14(11-15)21-19-16-8-1-2-9-17(16)22-18(23-19)13-5-4-10-20-12-13/h1-12,24H,(H,21,22,23). The zero-order chi connectivity index (χ0) is 16.4. The number of nitrogens with zero attached hydrogens (tertiary/aromatic N) is 3. The third-order valence-corrected chi connectivity index (χ3v) is 3.63. The number of hydrogen-bond donors (Lipinski definition) is 2. The smallest absolute Gasteiger partial charge is 0.163 e. The summed E-state index contributed by atoms with van der Waals surface area (Å²) in [6.07, 6.45) is 3.46. The number of nitrogens with one attached hydrogen (secondary N) is 1. The molecule has 0 atom stereocenters. The second kappa shape index (κ2) is 5.96. The van der Waals surface area contributed by atoms with Gasteiger partial charge in [0.15, 0.2) is 5.82 Å². The van der Waals surface area contributed by atoms with Crippen LogP contribution in [-0.2, 0) is 0 Å². The molecule has 2 N–H and O–H groups in total. The minimum atomic E-state index is 0.200. The van der Waals surface area contributed by atoms with E-state index in [1.165, 1.54) is 0 Å². The van der Waals surface area contributed by atoms with Gasteiger partial charge < -0.3 is 10.4 Å². The summed E-state index contributed by atoms with van der Waals surface area (Å²) in [4.78, 5) is 13.4. The molecule has 0 fully saturated rings. The van der Waals surface area contributed by atoms with Gasteiger partial charge in [-0.2, -0.15) is 0 Å². The van der Waals surface area contributed by atoms with Crippen molar-refractivity contribution in [3.63, 3.8) is 0 Å². The summed E-state index contributed by atoms with van der Waals surface area (Å²) in [5, 5.41) is 13.8. The normalized spacial score (nSPS) is 10.7. The molecule has 0 saturated carbocycles. The van der Waals surface area contributed by atoms with Crippen molar-refractivity contribution in [1.29, 1.82) is 0 Å². The van der Waals surface area contributed by atoms with Crippen molar-refractivity contribution in [3.05, 3.63) is 73.1 Å². The molecule has 4 aromatic rings. The highest BCUT2D eigenvalue weighted by Gasteiger charge is 2.09. The second-order valence-electron chi connectivity index (χ2n) is 5.33. The van der Waals surface area contributed by atoms with Gasteiger partial charge in [-0.3, -0.25) is 4.98 Å². The molecule has 0 radical (unpaired) electrons. The van der Waals surface area contributed by atoms with Gasteiger partial charge in [0.05, 0.1) is 5.52 Å². The lowest BCUT2D eigenvalue weighted by molar-refractivity contribution is 0.475. The number of phenolic OH excluding ortho intramolecular Hbond substituents is 1. The average Bonchev–Trinajstić information content (AvgIpc) is 2.62. The molecule has 2 aromatic carbocycles. The molecule has 0 amide bonds. The second-order valence-corrected chi connectivity index (χ2v) is 5.33. The maximum absolute atomic E-state index is 9.66. The van der Waals surface area contributed by atoms with Crippen LogP contribution in [0.2, 0.25) is 0 Å². The number of anilines is 2. The largest absolute Gasteiger partial charge is 0.508 e. The molecule has 5 nitrogen and oxygen atoms in total. The highest BCUT2D eigenvalue weighted by atomic mass is 16.3. The van der Waals surface area contributed by atoms with E-state index in [4.69, 9.17) is 0 Å². The van der Waals surface area contributed by atoms with Gasteiger partial charge in [-0.05, 0) is 36.4 Å². The van der Waals surface area contributed by atoms with Crippen LogP contribution in [0.25, 0.3) is 22.3 Å². The van der Waals surface area contributed by atoms with Crippen molar-refractivity contribution in [1.82, 2.24) is 15.0 Å². The van der Waals surface area contributed by atoms with Gasteiger partial charge in [0.25, 0.3) is 0 Å². The number of aromatic hydroxyl groups is 1. The maximum Gasteiger partial charge on any atom is 0.163 e. The van der Waals surface area contributed by atoms with Crippen LogP contribution in [-0.4, -0.2) is 20.1 Å². The van der Waals surface area contributed by atoms with Crippen molar-refractivity contribution in [2.75, 3.05) is 5.32 Å². The Morgan fingerprint density at radius 3 is 2.62 bits per heavy atom. The first-order chi connectivity index (χ1) is 11.8. The Balaban J connectivity index is 1.86. The third-order valence-electron chi connectivity index (χ3n) is 3.63. The number of phenols is 1. The summed E-state index contributed by atoms with van der Waals surface area (Å²) in [7, 11) is 0. The van der Waals surface area contributed by atoms with Crippen LogP contribution in [0.4, 0.5) is 11.5 Å². The summed E-state index contributed by atoms with van der Waals surface area (Å²) >= 11 is 0. The molecule has 0 aliphatic carbocycles. The Bertz CT molecular complexity index is 1000. The topological polar surface area (TPSA) is 70.9 Å². The van der Waals surface area contributed by atoms with E-state index in [0.717, 1.165) is 22.2 Å². The summed E-state index contributed by atoms with van der Waals surface area (Å²) < 4.78 is 0. The molecule has 0 aliphatic rings. The Hall–Kier alpha value is -3.47. The van der Waals surface area contributed by atoms with Crippen molar-refractivity contribution < 1.29 is 5.11 Å². The van der Waals surface area contributed by atoms with Crippen LogP contribution in [0, 0.1) is 0 Å². The molecule has 0 aliphatic heterocycles. The van der Waals surface area contributed by atoms with Gasteiger partial charge in [0.2, 0.25) is 0 Å². The molecule has 0 unspecified atom stereocenters. The van der Waals surface area contributed by atoms with Crippen LogP contribution < -0.4 is 5.32 Å². The number of fused-ring (bicyclic) bond motifs is 1. The van der Waals surface area contributed by atoms with E-state index in [-0.39, 0.29) is 5.75 Å². The van der Waals surface area contributed by atoms with Crippen LogP contribution in [0.3, 0.4) is 0 Å². The molecule has 24 heavy (non-hydrogen) atoms. The average molecular weight is 314 g/mol. The van der Waals surface area contributed by atoms with Crippen LogP contribution in [0.1, 0.15) is 0 Å². The van der Waals surface area contributed by atoms with E-state index in [2.05, 4.69) is 20.3 Å². The first-order valence-electron chi connectivity index (χ1n) is 7.53. The third kappa shape index (κ3) is 2.75. The molecule has 116 valence electrons. The number of pyridine rings is 1. The molecule has 5 heteroatoms. The van der Waals surface area contributed by atoms with E-state index in [0.29, 0.717) is 11.6 Å². The Morgan fingerprint density at radius 1 is 0.875 bits per heavy atom. The van der Waals surface area contributed by atoms with Gasteiger partial charge in [-0.25, -0.2) is 9.97 Å². The minimum absolute atomic E-state index is 0.200. The molecule has 2 heterocycles. The van der Waals surface area contributed by atoms with Crippen molar-refractivity contribution >= 4 is 22.4 Å². The van der Waals surface area contributed by atoms with Crippen LogP contribution in [0.15, 0.2) is 73.1 Å². The van der Waals surface area contributed by atoms with Crippen molar-refractivity contribution in [2.45, 2.75) is 0 Å². The lowest BCUT2D eigenvalue weighted by atomic mass is 10.2. The molecule has 0 saturated heterocycles. The lowest BCUT2D eigenvalue weighted by Gasteiger charge is -2.11. The lowest BCUT2D eigenvalue weighted by Crippen LogP contribution is -1.99. The first kappa shape index (κ1) is 14.1. The Labute approximate surface area is 138 Å². The summed E-state index contributed by atoms with van der Waals surface area (Å²) in [6, 6.07) is 18.5. The van der Waals surface area contributed by atoms with E-state index in [1.807, 2.05) is 42.5 Å². The SMILES string of the molecule is Oc1cccc(Nc2nc(-c3cccnc3)nc3ccccc23)c1. The fourth-order valence-electron chi connectivity index (χ4n) is 2.52. The Kier molecular flexibility index (Phi) is 3.51. The fourth-order valence-corrected chi connectivity index (χ4v) is 2.52. The number of hydrogen-bond acceptors (Lipinski definition) is 5. The van der Waals surface area contributed by atoms with E-state index < -0.39 is 0 Å². The molecule has 0 spiro atoms. The summed E-state index contributed by atoms with van der Waals surface area (Å²) in [5.74, 6) is 1.49. The predicted molar refractivity (Wildman–Crippen MR) is 94.2 cm³/mol. The monoisotopic (exact) mass is 314 g/mol. The minimum Gasteiger partial charge on any atom is -0.508 e. The molecule has 4 rings (SSSR count). The number of aromatic nitrogens is 3. The highest BCUT2D eigenvalue weighted by Crippen LogP contribution is 2.27. The van der Waals surface area contributed by atoms with E-state index in [9.17, 15) is 5.11 Å². The Morgan fingerprint density at radius 2 is 1.79 bits per heavy atom. The molecule has 2 aromatic heterocycles. The summed E-state index contributed by atoms with van der Waals surface area (Å²) in [6.45, 7) is 0. The van der Waals surface area contributed by atoms with Gasteiger partial charge in [0, 0.05) is 35.1 Å². The number of benzene rings is 2. The number of rotatable bonds is 3. The van der Waals surface area contributed by atoms with Crippen LogP contribution in [0.5, 0.6) is 5.75 Å². The van der Waals surface area contributed by atoms with Gasteiger partial charge in [0.1, 0.15) is 11.6 Å². The van der Waals surface area contributed by atoms with Gasteiger partial charge in [-0.1, -0.05) is 18.2 Å². The van der Waals surface area contributed by atoms with Crippen molar-refractivity contribution in [2.24, 2.45) is 0 Å². The highest BCUT2D eigenvalue weighted by molar-refractivity contribution is 5.92. The van der Waals surface area contributed by atoms with Crippen LogP contribution >= 0.6 is 0 Å². The summed E-state index contributed by atoms with van der Waals surface area (Å²) in [5.41, 5.74) is 2.45. The first-order valence-corrected chi connectivity index (χ1v) is 7.53.